The third kappa shape index (κ3) is 9.45. The van der Waals surface area contributed by atoms with Crippen LogP contribution in [0.4, 0.5) is 0 Å². The van der Waals surface area contributed by atoms with Crippen LogP contribution in [-0.2, 0) is 0 Å². The lowest BCUT2D eigenvalue weighted by Gasteiger charge is -2.21. The third-order valence-electron chi connectivity index (χ3n) is 4.32. The van der Waals surface area contributed by atoms with Crippen LogP contribution in [0, 0.1) is 0 Å². The van der Waals surface area contributed by atoms with Gasteiger partial charge in [0.2, 0.25) is 0 Å². The van der Waals surface area contributed by atoms with E-state index in [9.17, 15) is 0 Å². The predicted molar refractivity (Wildman–Crippen MR) is 85.7 cm³/mol. The number of nitrogens with one attached hydrogen (secondary N) is 2. The summed E-state index contributed by atoms with van der Waals surface area (Å²) in [4.78, 5) is 0. The van der Waals surface area contributed by atoms with E-state index < -0.39 is 0 Å². The van der Waals surface area contributed by atoms with Crippen LogP contribution in [0.3, 0.4) is 0 Å². The standard InChI is InChI=1S/C17H36N2/c1-3-4-5-6-7-10-13-18-16(2)15-17-12-9-8-11-14-19-17/h16-19H,3-15H2,1-2H3. The second-order valence-electron chi connectivity index (χ2n) is 6.36. The van der Waals surface area contributed by atoms with Crippen molar-refractivity contribution in [2.24, 2.45) is 0 Å². The van der Waals surface area contributed by atoms with Crippen LogP contribution in [0.5, 0.6) is 0 Å². The summed E-state index contributed by atoms with van der Waals surface area (Å²) in [5.41, 5.74) is 0. The van der Waals surface area contributed by atoms with Crippen molar-refractivity contribution in [1.82, 2.24) is 10.6 Å². The minimum absolute atomic E-state index is 0.672. The zero-order valence-electron chi connectivity index (χ0n) is 13.3. The van der Waals surface area contributed by atoms with Crippen molar-refractivity contribution in [2.45, 2.75) is 96.6 Å². The maximum Gasteiger partial charge on any atom is 0.00817 e. The van der Waals surface area contributed by atoms with E-state index in [2.05, 4.69) is 24.5 Å². The monoisotopic (exact) mass is 268 g/mol. The number of unbranched alkanes of at least 4 members (excludes halogenated alkanes) is 5. The Kier molecular flexibility index (Phi) is 10.5. The van der Waals surface area contributed by atoms with Gasteiger partial charge in [0.1, 0.15) is 0 Å². The van der Waals surface area contributed by atoms with E-state index in [4.69, 9.17) is 0 Å². The van der Waals surface area contributed by atoms with Crippen molar-refractivity contribution in [3.05, 3.63) is 0 Å². The Bertz CT molecular complexity index is 186. The van der Waals surface area contributed by atoms with Gasteiger partial charge in [-0.15, -0.1) is 0 Å². The van der Waals surface area contributed by atoms with E-state index in [1.165, 1.54) is 83.7 Å². The topological polar surface area (TPSA) is 24.1 Å². The van der Waals surface area contributed by atoms with Crippen LogP contribution in [-0.4, -0.2) is 25.2 Å². The molecule has 2 heteroatoms. The molecule has 2 unspecified atom stereocenters. The Morgan fingerprint density at radius 1 is 1.05 bits per heavy atom. The van der Waals surface area contributed by atoms with Gasteiger partial charge in [-0.05, 0) is 45.7 Å². The van der Waals surface area contributed by atoms with Crippen LogP contribution in [0.1, 0.15) is 84.5 Å². The summed E-state index contributed by atoms with van der Waals surface area (Å²) in [7, 11) is 0. The molecular formula is C17H36N2. The second-order valence-corrected chi connectivity index (χ2v) is 6.36. The maximum atomic E-state index is 3.70. The largest absolute Gasteiger partial charge is 0.314 e. The number of hydrogen-bond acceptors (Lipinski definition) is 2. The van der Waals surface area contributed by atoms with E-state index in [1.807, 2.05) is 0 Å². The highest BCUT2D eigenvalue weighted by molar-refractivity contribution is 4.75. The van der Waals surface area contributed by atoms with Crippen molar-refractivity contribution in [3.63, 3.8) is 0 Å². The van der Waals surface area contributed by atoms with Gasteiger partial charge in [0.05, 0.1) is 0 Å². The smallest absolute Gasteiger partial charge is 0.00817 e. The fraction of sp³-hybridized carbons (Fsp3) is 1.00. The average molecular weight is 268 g/mol. The number of hydrogen-bond donors (Lipinski definition) is 2. The molecule has 0 bridgehead atoms. The third-order valence-corrected chi connectivity index (χ3v) is 4.32. The number of rotatable bonds is 10. The summed E-state index contributed by atoms with van der Waals surface area (Å²) in [6.07, 6.45) is 15.3. The van der Waals surface area contributed by atoms with Gasteiger partial charge < -0.3 is 10.6 Å². The normalized spacial score (nSPS) is 22.1. The van der Waals surface area contributed by atoms with Crippen molar-refractivity contribution in [1.29, 1.82) is 0 Å². The summed E-state index contributed by atoms with van der Waals surface area (Å²) >= 11 is 0. The molecule has 2 atom stereocenters. The lowest BCUT2D eigenvalue weighted by atomic mass is 10.0. The molecule has 0 aromatic carbocycles. The predicted octanol–water partition coefficient (Wildman–Crippen LogP) is 4.25. The molecule has 2 N–H and O–H groups in total. The molecule has 1 fully saturated rings. The highest BCUT2D eigenvalue weighted by Gasteiger charge is 2.14. The fourth-order valence-electron chi connectivity index (χ4n) is 3.07. The maximum absolute atomic E-state index is 3.70. The zero-order chi connectivity index (χ0) is 13.8. The van der Waals surface area contributed by atoms with E-state index in [-0.39, 0.29) is 0 Å². The van der Waals surface area contributed by atoms with E-state index >= 15 is 0 Å². The minimum atomic E-state index is 0.672. The Balaban J connectivity index is 1.93. The Morgan fingerprint density at radius 3 is 2.68 bits per heavy atom. The first-order chi connectivity index (χ1) is 9.33. The molecular weight excluding hydrogens is 232 g/mol. The van der Waals surface area contributed by atoms with Crippen LogP contribution in [0.25, 0.3) is 0 Å². The average Bonchev–Trinajstić information content (AvgIpc) is 2.66. The van der Waals surface area contributed by atoms with Gasteiger partial charge >= 0.3 is 0 Å². The van der Waals surface area contributed by atoms with Crippen molar-refractivity contribution in [2.75, 3.05) is 13.1 Å². The van der Waals surface area contributed by atoms with Crippen LogP contribution < -0.4 is 10.6 Å². The lowest BCUT2D eigenvalue weighted by molar-refractivity contribution is 0.399. The molecule has 1 heterocycles. The van der Waals surface area contributed by atoms with Gasteiger partial charge in [0, 0.05) is 12.1 Å². The first-order valence-corrected chi connectivity index (χ1v) is 8.79. The van der Waals surface area contributed by atoms with Gasteiger partial charge in [0.25, 0.3) is 0 Å². The summed E-state index contributed by atoms with van der Waals surface area (Å²) < 4.78 is 0. The summed E-state index contributed by atoms with van der Waals surface area (Å²) in [5, 5.41) is 7.40. The van der Waals surface area contributed by atoms with Crippen molar-refractivity contribution in [3.8, 4) is 0 Å². The molecule has 0 amide bonds. The van der Waals surface area contributed by atoms with Crippen molar-refractivity contribution < 1.29 is 0 Å². The highest BCUT2D eigenvalue weighted by atomic mass is 14.9. The Hall–Kier alpha value is -0.0800. The van der Waals surface area contributed by atoms with Gasteiger partial charge in [-0.1, -0.05) is 51.9 Å². The molecule has 0 aliphatic carbocycles. The van der Waals surface area contributed by atoms with Crippen LogP contribution in [0.15, 0.2) is 0 Å². The molecule has 1 saturated heterocycles. The Labute approximate surface area is 121 Å². The second kappa shape index (κ2) is 11.7. The first kappa shape index (κ1) is 17.0. The van der Waals surface area contributed by atoms with Crippen molar-refractivity contribution >= 4 is 0 Å². The van der Waals surface area contributed by atoms with Crippen LogP contribution in [0.2, 0.25) is 0 Å². The van der Waals surface area contributed by atoms with Gasteiger partial charge in [-0.3, -0.25) is 0 Å². The summed E-state index contributed by atoms with van der Waals surface area (Å²) in [5.74, 6) is 0. The molecule has 1 rings (SSSR count). The SMILES string of the molecule is CCCCCCCCNC(C)CC1CCCCCN1. The quantitative estimate of drug-likeness (QED) is 0.579. The molecule has 1 aliphatic rings. The molecule has 2 nitrogen and oxygen atoms in total. The van der Waals surface area contributed by atoms with E-state index in [1.54, 1.807) is 0 Å². The minimum Gasteiger partial charge on any atom is -0.314 e. The zero-order valence-corrected chi connectivity index (χ0v) is 13.3. The van der Waals surface area contributed by atoms with E-state index in [0.29, 0.717) is 6.04 Å². The molecule has 0 saturated carbocycles. The summed E-state index contributed by atoms with van der Waals surface area (Å²) in [6, 6.07) is 1.43. The molecule has 0 aromatic heterocycles. The molecule has 0 radical (unpaired) electrons. The molecule has 0 aromatic rings. The van der Waals surface area contributed by atoms with Crippen LogP contribution >= 0.6 is 0 Å². The fourth-order valence-corrected chi connectivity index (χ4v) is 3.07. The first-order valence-electron chi connectivity index (χ1n) is 8.79. The lowest BCUT2D eigenvalue weighted by Crippen LogP contribution is -2.37. The van der Waals surface area contributed by atoms with Gasteiger partial charge in [0.15, 0.2) is 0 Å². The summed E-state index contributed by atoms with van der Waals surface area (Å²) in [6.45, 7) is 7.07. The molecule has 19 heavy (non-hydrogen) atoms. The Morgan fingerprint density at radius 2 is 1.84 bits per heavy atom. The van der Waals surface area contributed by atoms with E-state index in [0.717, 1.165) is 6.04 Å². The molecule has 0 spiro atoms. The molecule has 114 valence electrons. The van der Waals surface area contributed by atoms with Gasteiger partial charge in [-0.25, -0.2) is 0 Å². The van der Waals surface area contributed by atoms with Gasteiger partial charge in [-0.2, -0.15) is 0 Å². The highest BCUT2D eigenvalue weighted by Crippen LogP contribution is 2.12. The molecule has 1 aliphatic heterocycles.